The monoisotopic (exact) mass is 734 g/mol. The Bertz CT molecular complexity index is 1350. The Morgan fingerprint density at radius 2 is 1.45 bits per heavy atom. The summed E-state index contributed by atoms with van der Waals surface area (Å²) in [6.07, 6.45) is 10.8. The number of halogens is 5. The number of nitrogens with zero attached hydrogens (tertiary/aromatic N) is 7. The average Bonchev–Trinajstić information content (AvgIpc) is 3.31. The van der Waals surface area contributed by atoms with Gasteiger partial charge in [0.1, 0.15) is 18.4 Å². The van der Waals surface area contributed by atoms with Gasteiger partial charge in [0.2, 0.25) is 0 Å². The summed E-state index contributed by atoms with van der Waals surface area (Å²) in [6, 6.07) is 3.92. The van der Waals surface area contributed by atoms with Crippen molar-refractivity contribution in [3.63, 3.8) is 0 Å². The first-order chi connectivity index (χ1) is 14.9. The van der Waals surface area contributed by atoms with Gasteiger partial charge in [0.25, 0.3) is 0 Å². The molecule has 0 aliphatic carbocycles. The summed E-state index contributed by atoms with van der Waals surface area (Å²) in [5.74, 6) is 0.726. The fourth-order valence-corrected chi connectivity index (χ4v) is 4.86. The van der Waals surface area contributed by atoms with E-state index in [0.29, 0.717) is 6.54 Å². The highest BCUT2D eigenvalue weighted by Gasteiger charge is 2.09. The van der Waals surface area contributed by atoms with Gasteiger partial charge in [-0.1, -0.05) is 6.07 Å². The molecule has 1 N–H and O–H groups in total. The van der Waals surface area contributed by atoms with Gasteiger partial charge < -0.3 is 5.32 Å². The predicted octanol–water partition coefficient (Wildman–Crippen LogP) is 6.28. The highest BCUT2D eigenvalue weighted by molar-refractivity contribution is 9.11. The van der Waals surface area contributed by atoms with Crippen molar-refractivity contribution in [2.45, 2.75) is 6.54 Å². The Kier molecular flexibility index (Phi) is 7.37. The maximum atomic E-state index is 4.41. The van der Waals surface area contributed by atoms with Gasteiger partial charge in [0, 0.05) is 31.3 Å². The second-order valence-electron chi connectivity index (χ2n) is 6.03. The second kappa shape index (κ2) is 10.0. The average molecular weight is 739 g/mol. The molecule has 0 spiro atoms. The first-order valence-electron chi connectivity index (χ1n) is 8.59. The van der Waals surface area contributed by atoms with Crippen LogP contribution in [0.2, 0.25) is 0 Å². The summed E-state index contributed by atoms with van der Waals surface area (Å²) < 4.78 is 7.83. The summed E-state index contributed by atoms with van der Waals surface area (Å²) in [5, 5.41) is 3.27. The molecule has 0 bridgehead atoms. The van der Waals surface area contributed by atoms with Crippen LogP contribution in [-0.4, -0.2) is 33.7 Å². The molecule has 5 aromatic heterocycles. The van der Waals surface area contributed by atoms with Crippen LogP contribution in [0.5, 0.6) is 0 Å². The normalized spacial score (nSPS) is 10.9. The van der Waals surface area contributed by atoms with Crippen LogP contribution in [0.15, 0.2) is 72.3 Å². The lowest BCUT2D eigenvalue weighted by molar-refractivity contribution is 1.04. The van der Waals surface area contributed by atoms with Gasteiger partial charge in [-0.2, -0.15) is 0 Å². The van der Waals surface area contributed by atoms with E-state index in [4.69, 9.17) is 0 Å². The van der Waals surface area contributed by atoms with Crippen molar-refractivity contribution in [3.05, 3.63) is 77.9 Å². The maximum Gasteiger partial charge on any atom is 0.181 e. The summed E-state index contributed by atoms with van der Waals surface area (Å²) >= 11 is 16.8. The highest BCUT2D eigenvalue weighted by atomic mass is 79.9. The minimum absolute atomic E-state index is 0.650. The third kappa shape index (κ3) is 5.33. The maximum absolute atomic E-state index is 4.41. The number of rotatable bonds is 3. The van der Waals surface area contributed by atoms with Gasteiger partial charge in [0.15, 0.2) is 21.7 Å². The molecule has 13 heteroatoms. The van der Waals surface area contributed by atoms with Crippen molar-refractivity contribution in [2.75, 3.05) is 5.32 Å². The number of aromatic nitrogens is 7. The molecule has 0 aromatic carbocycles. The Balaban J connectivity index is 0.000000166. The van der Waals surface area contributed by atoms with E-state index in [1.54, 1.807) is 18.6 Å². The molecule has 5 aromatic rings. The van der Waals surface area contributed by atoms with Crippen LogP contribution < -0.4 is 5.32 Å². The van der Waals surface area contributed by atoms with Crippen molar-refractivity contribution in [1.29, 1.82) is 0 Å². The molecule has 0 radical (unpaired) electrons. The summed E-state index contributed by atoms with van der Waals surface area (Å²) in [7, 11) is 0. The lowest BCUT2D eigenvalue weighted by Crippen LogP contribution is -2.04. The van der Waals surface area contributed by atoms with E-state index in [2.05, 4.69) is 110 Å². The third-order valence-corrected chi connectivity index (χ3v) is 6.45. The van der Waals surface area contributed by atoms with Crippen LogP contribution in [0.1, 0.15) is 5.56 Å². The largest absolute Gasteiger partial charge is 0.363 e. The summed E-state index contributed by atoms with van der Waals surface area (Å²) in [6.45, 7) is 0.650. The molecule has 5 heterocycles. The van der Waals surface area contributed by atoms with Crippen LogP contribution in [0.3, 0.4) is 0 Å². The van der Waals surface area contributed by atoms with Gasteiger partial charge in [-0.25, -0.2) is 19.9 Å². The van der Waals surface area contributed by atoms with Gasteiger partial charge in [-0.15, -0.1) is 0 Å². The Hall–Kier alpha value is -1.41. The first kappa shape index (κ1) is 22.8. The zero-order chi connectivity index (χ0) is 22.0. The molecule has 0 fully saturated rings. The topological polar surface area (TPSA) is 85.3 Å². The molecule has 0 saturated carbocycles. The number of fused-ring (bicyclic) bond motifs is 2. The fourth-order valence-electron chi connectivity index (χ4n) is 2.63. The molecular weight excluding hydrogens is 728 g/mol. The molecular formula is C18H11Br5N8. The zero-order valence-electron chi connectivity index (χ0n) is 15.3. The molecule has 0 amide bonds. The van der Waals surface area contributed by atoms with E-state index in [-0.39, 0.29) is 0 Å². The molecule has 0 aliphatic rings. The van der Waals surface area contributed by atoms with E-state index in [1.165, 1.54) is 0 Å². The van der Waals surface area contributed by atoms with Crippen molar-refractivity contribution in [2.24, 2.45) is 0 Å². The molecule has 31 heavy (non-hydrogen) atoms. The lowest BCUT2D eigenvalue weighted by Gasteiger charge is -2.07. The van der Waals surface area contributed by atoms with E-state index in [0.717, 1.165) is 45.7 Å². The van der Waals surface area contributed by atoms with Crippen molar-refractivity contribution in [3.8, 4) is 0 Å². The van der Waals surface area contributed by atoms with Crippen LogP contribution in [0.25, 0.3) is 11.3 Å². The van der Waals surface area contributed by atoms with E-state index in [1.807, 2.05) is 39.5 Å². The van der Waals surface area contributed by atoms with Crippen LogP contribution in [0.4, 0.5) is 5.82 Å². The molecule has 0 saturated heterocycles. The van der Waals surface area contributed by atoms with Crippen molar-refractivity contribution in [1.82, 2.24) is 33.7 Å². The smallest absolute Gasteiger partial charge is 0.181 e. The SMILES string of the molecule is Brc1cn2c(Br)cnc2c(Br)n1.Brc1cn2c(Br)cnc2c(NCc2cccnc2)n1. The number of hydrogen-bond acceptors (Lipinski definition) is 6. The summed E-state index contributed by atoms with van der Waals surface area (Å²) in [5.41, 5.74) is 2.66. The lowest BCUT2D eigenvalue weighted by atomic mass is 10.3. The zero-order valence-corrected chi connectivity index (χ0v) is 23.3. The van der Waals surface area contributed by atoms with E-state index in [9.17, 15) is 0 Å². The van der Waals surface area contributed by atoms with Crippen molar-refractivity contribution >= 4 is 96.8 Å². The first-order valence-corrected chi connectivity index (χ1v) is 12.6. The number of pyridine rings is 1. The molecule has 0 atom stereocenters. The van der Waals surface area contributed by atoms with E-state index < -0.39 is 0 Å². The van der Waals surface area contributed by atoms with Crippen molar-refractivity contribution < 1.29 is 0 Å². The minimum Gasteiger partial charge on any atom is -0.363 e. The van der Waals surface area contributed by atoms with E-state index >= 15 is 0 Å². The number of hydrogen-bond donors (Lipinski definition) is 1. The van der Waals surface area contributed by atoms with Crippen LogP contribution in [0, 0.1) is 0 Å². The van der Waals surface area contributed by atoms with Gasteiger partial charge in [-0.05, 0) is 91.3 Å². The van der Waals surface area contributed by atoms with Crippen LogP contribution >= 0.6 is 79.6 Å². The third-order valence-electron chi connectivity index (χ3n) is 3.98. The Labute approximate surface area is 218 Å². The predicted molar refractivity (Wildman–Crippen MR) is 136 cm³/mol. The Morgan fingerprint density at radius 1 is 0.806 bits per heavy atom. The fraction of sp³-hybridized carbons (Fsp3) is 0.0556. The van der Waals surface area contributed by atoms with Gasteiger partial charge in [0.05, 0.1) is 12.4 Å². The van der Waals surface area contributed by atoms with Gasteiger partial charge in [-0.3, -0.25) is 13.8 Å². The number of anilines is 1. The quantitative estimate of drug-likeness (QED) is 0.235. The molecule has 8 nitrogen and oxygen atoms in total. The second-order valence-corrected chi connectivity index (χ2v) is 10.0. The standard InChI is InChI=1S/C12H9Br2N5.C6H2Br3N3/c13-9-7-19-10(14)6-17-12(19)11(18-9)16-5-8-2-1-3-15-4-8;7-3-2-12-4(8)1-10-6(12)5(9)11-3/h1-4,6-7H,5H2,(H,16,18);1-2H. The molecule has 0 unspecified atom stereocenters. The highest BCUT2D eigenvalue weighted by Crippen LogP contribution is 2.23. The molecule has 0 aliphatic heterocycles. The number of nitrogens with one attached hydrogen (secondary N) is 1. The minimum atomic E-state index is 0.650. The van der Waals surface area contributed by atoms with Crippen LogP contribution in [-0.2, 0) is 6.54 Å². The Morgan fingerprint density at radius 3 is 2.13 bits per heavy atom. The molecule has 158 valence electrons. The molecule has 5 rings (SSSR count). The summed E-state index contributed by atoms with van der Waals surface area (Å²) in [4.78, 5) is 21.1. The number of imidazole rings is 2. The van der Waals surface area contributed by atoms with Gasteiger partial charge >= 0.3 is 0 Å².